The maximum atomic E-state index is 11.5. The molecule has 3 nitrogen and oxygen atoms in total. The summed E-state index contributed by atoms with van der Waals surface area (Å²) >= 11 is 0. The van der Waals surface area contributed by atoms with Gasteiger partial charge in [-0.25, -0.2) is 0 Å². The Balaban J connectivity index is 3.54. The number of rotatable bonds is 7. The predicted octanol–water partition coefficient (Wildman–Crippen LogP) is 1.67. The minimum atomic E-state index is -0.426. The fraction of sp³-hybridized carbons (Fsp3) is 0.909. The van der Waals surface area contributed by atoms with Crippen molar-refractivity contribution in [1.82, 2.24) is 5.32 Å². The summed E-state index contributed by atoms with van der Waals surface area (Å²) in [6.45, 7) is 7.09. The molecule has 0 aliphatic rings. The molecule has 0 radical (unpaired) electrons. The summed E-state index contributed by atoms with van der Waals surface area (Å²) in [5, 5.41) is 2.91. The lowest BCUT2D eigenvalue weighted by atomic mass is 9.93. The van der Waals surface area contributed by atoms with Crippen molar-refractivity contribution in [2.75, 3.05) is 13.1 Å². The number of nitrogens with one attached hydrogen (secondary N) is 1. The normalized spacial score (nSPS) is 11.4. The Morgan fingerprint density at radius 3 is 2.43 bits per heavy atom. The molecule has 0 aliphatic heterocycles. The molecule has 84 valence electrons. The van der Waals surface area contributed by atoms with E-state index in [1.165, 1.54) is 19.3 Å². The van der Waals surface area contributed by atoms with Gasteiger partial charge in [-0.15, -0.1) is 0 Å². The summed E-state index contributed by atoms with van der Waals surface area (Å²) in [7, 11) is 0. The second-order valence-corrected chi connectivity index (χ2v) is 4.40. The maximum Gasteiger partial charge on any atom is 0.226 e. The second-order valence-electron chi connectivity index (χ2n) is 4.40. The first-order valence-electron chi connectivity index (χ1n) is 5.53. The lowest BCUT2D eigenvalue weighted by Crippen LogP contribution is -2.42. The Bertz CT molecular complexity index is 167. The highest BCUT2D eigenvalue weighted by Crippen LogP contribution is 2.12. The second kappa shape index (κ2) is 6.82. The van der Waals surface area contributed by atoms with Crippen molar-refractivity contribution in [2.45, 2.75) is 46.5 Å². The van der Waals surface area contributed by atoms with E-state index in [1.807, 2.05) is 13.8 Å². The van der Waals surface area contributed by atoms with Gasteiger partial charge in [-0.3, -0.25) is 4.79 Å². The van der Waals surface area contributed by atoms with Gasteiger partial charge in [0.15, 0.2) is 0 Å². The SMILES string of the molecule is CCCCCCNC(=O)C(C)(C)CN. The molecule has 0 fully saturated rings. The largest absolute Gasteiger partial charge is 0.356 e. The van der Waals surface area contributed by atoms with Crippen LogP contribution in [0.3, 0.4) is 0 Å². The van der Waals surface area contributed by atoms with Crippen LogP contribution in [0.4, 0.5) is 0 Å². The van der Waals surface area contributed by atoms with E-state index < -0.39 is 5.41 Å². The third kappa shape index (κ3) is 5.22. The van der Waals surface area contributed by atoms with Gasteiger partial charge in [-0.05, 0) is 20.3 Å². The van der Waals surface area contributed by atoms with Crippen molar-refractivity contribution in [1.29, 1.82) is 0 Å². The topological polar surface area (TPSA) is 55.1 Å². The monoisotopic (exact) mass is 200 g/mol. The van der Waals surface area contributed by atoms with E-state index >= 15 is 0 Å². The molecular formula is C11H24N2O. The van der Waals surface area contributed by atoms with Crippen LogP contribution in [0.25, 0.3) is 0 Å². The van der Waals surface area contributed by atoms with Crippen LogP contribution in [0.15, 0.2) is 0 Å². The zero-order chi connectivity index (χ0) is 11.0. The zero-order valence-electron chi connectivity index (χ0n) is 9.73. The van der Waals surface area contributed by atoms with Gasteiger partial charge in [0, 0.05) is 13.1 Å². The number of nitrogens with two attached hydrogens (primary N) is 1. The van der Waals surface area contributed by atoms with Gasteiger partial charge < -0.3 is 11.1 Å². The van der Waals surface area contributed by atoms with E-state index in [0.29, 0.717) is 6.54 Å². The minimum Gasteiger partial charge on any atom is -0.356 e. The van der Waals surface area contributed by atoms with E-state index in [4.69, 9.17) is 5.73 Å². The Hall–Kier alpha value is -0.570. The number of hydrogen-bond acceptors (Lipinski definition) is 2. The molecule has 0 saturated heterocycles. The lowest BCUT2D eigenvalue weighted by Gasteiger charge is -2.21. The van der Waals surface area contributed by atoms with Crippen LogP contribution in [-0.2, 0) is 4.79 Å². The van der Waals surface area contributed by atoms with Crippen LogP contribution in [0, 0.1) is 5.41 Å². The van der Waals surface area contributed by atoms with Crippen LogP contribution in [0.1, 0.15) is 46.5 Å². The number of amides is 1. The highest BCUT2D eigenvalue weighted by Gasteiger charge is 2.24. The Labute approximate surface area is 87.4 Å². The first-order valence-corrected chi connectivity index (χ1v) is 5.53. The smallest absolute Gasteiger partial charge is 0.226 e. The highest BCUT2D eigenvalue weighted by atomic mass is 16.2. The Morgan fingerprint density at radius 1 is 1.29 bits per heavy atom. The first kappa shape index (κ1) is 13.4. The molecule has 0 spiro atoms. The summed E-state index contributed by atoms with van der Waals surface area (Å²) < 4.78 is 0. The van der Waals surface area contributed by atoms with Crippen LogP contribution in [0.2, 0.25) is 0 Å². The number of carbonyl (C=O) groups excluding carboxylic acids is 1. The summed E-state index contributed by atoms with van der Waals surface area (Å²) in [6, 6.07) is 0. The Kier molecular flexibility index (Phi) is 6.54. The van der Waals surface area contributed by atoms with Crippen molar-refractivity contribution >= 4 is 5.91 Å². The van der Waals surface area contributed by atoms with Crippen LogP contribution >= 0.6 is 0 Å². The molecule has 0 aromatic rings. The van der Waals surface area contributed by atoms with E-state index in [2.05, 4.69) is 12.2 Å². The molecule has 0 saturated carbocycles. The maximum absolute atomic E-state index is 11.5. The molecule has 0 aromatic carbocycles. The summed E-state index contributed by atoms with van der Waals surface area (Å²) in [4.78, 5) is 11.5. The summed E-state index contributed by atoms with van der Waals surface area (Å²) in [5.41, 5.74) is 5.07. The molecule has 0 bridgehead atoms. The zero-order valence-corrected chi connectivity index (χ0v) is 9.73. The van der Waals surface area contributed by atoms with Gasteiger partial charge in [0.25, 0.3) is 0 Å². The number of hydrogen-bond donors (Lipinski definition) is 2. The fourth-order valence-corrected chi connectivity index (χ4v) is 1.09. The van der Waals surface area contributed by atoms with Gasteiger partial charge in [0.2, 0.25) is 5.91 Å². The minimum absolute atomic E-state index is 0.0662. The molecule has 14 heavy (non-hydrogen) atoms. The van der Waals surface area contributed by atoms with Crippen molar-refractivity contribution in [3.05, 3.63) is 0 Å². The van der Waals surface area contributed by atoms with E-state index in [9.17, 15) is 4.79 Å². The van der Waals surface area contributed by atoms with Crippen LogP contribution < -0.4 is 11.1 Å². The van der Waals surface area contributed by atoms with Crippen molar-refractivity contribution < 1.29 is 4.79 Å². The molecule has 0 unspecified atom stereocenters. The van der Waals surface area contributed by atoms with Crippen molar-refractivity contribution in [2.24, 2.45) is 11.1 Å². The quantitative estimate of drug-likeness (QED) is 0.614. The predicted molar refractivity (Wildman–Crippen MR) is 60.0 cm³/mol. The van der Waals surface area contributed by atoms with E-state index in [0.717, 1.165) is 13.0 Å². The number of unbranched alkanes of at least 4 members (excludes halogenated alkanes) is 3. The van der Waals surface area contributed by atoms with Crippen LogP contribution in [-0.4, -0.2) is 19.0 Å². The third-order valence-corrected chi connectivity index (χ3v) is 2.44. The van der Waals surface area contributed by atoms with Gasteiger partial charge in [0.05, 0.1) is 5.41 Å². The summed E-state index contributed by atoms with van der Waals surface area (Å²) in [5.74, 6) is 0.0662. The first-order chi connectivity index (χ1) is 6.54. The fourth-order valence-electron chi connectivity index (χ4n) is 1.09. The molecule has 3 N–H and O–H groups in total. The highest BCUT2D eigenvalue weighted by molar-refractivity contribution is 5.81. The Morgan fingerprint density at radius 2 is 1.93 bits per heavy atom. The summed E-state index contributed by atoms with van der Waals surface area (Å²) in [6.07, 6.45) is 4.73. The molecule has 1 amide bonds. The average Bonchev–Trinajstić information content (AvgIpc) is 2.17. The average molecular weight is 200 g/mol. The molecule has 0 aliphatic carbocycles. The molecule has 3 heteroatoms. The van der Waals surface area contributed by atoms with Gasteiger partial charge in [-0.1, -0.05) is 26.2 Å². The molecule has 0 heterocycles. The van der Waals surface area contributed by atoms with Crippen molar-refractivity contribution in [3.8, 4) is 0 Å². The van der Waals surface area contributed by atoms with Crippen LogP contribution in [0.5, 0.6) is 0 Å². The van der Waals surface area contributed by atoms with Gasteiger partial charge >= 0.3 is 0 Å². The van der Waals surface area contributed by atoms with Gasteiger partial charge in [0.1, 0.15) is 0 Å². The van der Waals surface area contributed by atoms with E-state index in [-0.39, 0.29) is 5.91 Å². The molecule has 0 aromatic heterocycles. The number of carbonyl (C=O) groups is 1. The standard InChI is InChI=1S/C11H24N2O/c1-4-5-6-7-8-13-10(14)11(2,3)9-12/h4-9,12H2,1-3H3,(H,13,14). The van der Waals surface area contributed by atoms with Gasteiger partial charge in [-0.2, -0.15) is 0 Å². The molecule has 0 rings (SSSR count). The molecule has 0 atom stereocenters. The van der Waals surface area contributed by atoms with E-state index in [1.54, 1.807) is 0 Å². The molecular weight excluding hydrogens is 176 g/mol. The lowest BCUT2D eigenvalue weighted by molar-refractivity contribution is -0.128. The van der Waals surface area contributed by atoms with Crippen molar-refractivity contribution in [3.63, 3.8) is 0 Å². The third-order valence-electron chi connectivity index (χ3n) is 2.44.